The zero-order valence-corrected chi connectivity index (χ0v) is 14.9. The minimum atomic E-state index is -0.425. The van der Waals surface area contributed by atoms with Gasteiger partial charge in [0.1, 0.15) is 0 Å². The normalized spacial score (nSPS) is 14.2. The fourth-order valence-electron chi connectivity index (χ4n) is 3.13. The number of anilines is 2. The number of carbonyl (C=O) groups is 1. The van der Waals surface area contributed by atoms with E-state index in [1.807, 2.05) is 6.07 Å². The molecule has 136 valence electrons. The largest absolute Gasteiger partial charge is 0.368 e. The molecule has 7 nitrogen and oxygen atoms in total. The average Bonchev–Trinajstić information content (AvgIpc) is 2.61. The van der Waals surface area contributed by atoms with Crippen molar-refractivity contribution in [3.63, 3.8) is 0 Å². The lowest BCUT2D eigenvalue weighted by atomic mass is 10.2. The molecule has 0 saturated carbocycles. The first-order chi connectivity index (χ1) is 12.4. The Kier molecular flexibility index (Phi) is 5.06. The fourth-order valence-corrected chi connectivity index (χ4v) is 3.13. The van der Waals surface area contributed by atoms with Crippen molar-refractivity contribution in [2.24, 2.45) is 0 Å². The molecule has 0 radical (unpaired) electrons. The molecule has 26 heavy (non-hydrogen) atoms. The van der Waals surface area contributed by atoms with Gasteiger partial charge in [-0.1, -0.05) is 12.1 Å². The molecule has 1 aliphatic heterocycles. The molecule has 1 heterocycles. The fraction of sp³-hybridized carbons (Fsp3) is 0.316. The van der Waals surface area contributed by atoms with Crippen LogP contribution < -0.4 is 10.2 Å². The number of hydrogen-bond acceptors (Lipinski definition) is 4. The summed E-state index contributed by atoms with van der Waals surface area (Å²) in [6.45, 7) is 6.54. The molecule has 0 aliphatic carbocycles. The van der Waals surface area contributed by atoms with E-state index in [1.54, 1.807) is 24.0 Å². The summed E-state index contributed by atoms with van der Waals surface area (Å²) in [5, 5.41) is 13.7. The Morgan fingerprint density at radius 3 is 2.42 bits per heavy atom. The lowest BCUT2D eigenvalue weighted by Gasteiger charge is -2.36. The van der Waals surface area contributed by atoms with Crippen LogP contribution in [-0.2, 0) is 0 Å². The topological polar surface area (TPSA) is 78.7 Å². The lowest BCUT2D eigenvalue weighted by molar-refractivity contribution is -0.385. The van der Waals surface area contributed by atoms with Crippen LogP contribution in [0.3, 0.4) is 0 Å². The first-order valence-electron chi connectivity index (χ1n) is 8.56. The van der Waals surface area contributed by atoms with Crippen LogP contribution in [0.5, 0.6) is 0 Å². The summed E-state index contributed by atoms with van der Waals surface area (Å²) >= 11 is 0. The van der Waals surface area contributed by atoms with Crippen molar-refractivity contribution in [1.82, 2.24) is 4.90 Å². The SMILES string of the molecule is Cc1cccc(N2CCN(C(=O)Nc3ccc([N+](=O)[O-])c(C)c3)CC2)c1. The molecule has 1 saturated heterocycles. The van der Waals surface area contributed by atoms with Gasteiger partial charge in [0.25, 0.3) is 5.69 Å². The number of nitro groups is 1. The van der Waals surface area contributed by atoms with Gasteiger partial charge in [0, 0.05) is 49.2 Å². The van der Waals surface area contributed by atoms with Crippen molar-refractivity contribution in [2.75, 3.05) is 36.4 Å². The highest BCUT2D eigenvalue weighted by molar-refractivity contribution is 5.89. The third kappa shape index (κ3) is 3.93. The molecule has 0 spiro atoms. The van der Waals surface area contributed by atoms with E-state index < -0.39 is 4.92 Å². The van der Waals surface area contributed by atoms with E-state index >= 15 is 0 Å². The quantitative estimate of drug-likeness (QED) is 0.675. The van der Waals surface area contributed by atoms with Crippen LogP contribution in [0.25, 0.3) is 0 Å². The minimum Gasteiger partial charge on any atom is -0.368 e. The van der Waals surface area contributed by atoms with Crippen LogP contribution in [0.15, 0.2) is 42.5 Å². The van der Waals surface area contributed by atoms with Crippen molar-refractivity contribution < 1.29 is 9.72 Å². The van der Waals surface area contributed by atoms with Crippen molar-refractivity contribution in [2.45, 2.75) is 13.8 Å². The Bertz CT molecular complexity index is 829. The third-order valence-corrected chi connectivity index (χ3v) is 4.58. The van der Waals surface area contributed by atoms with Crippen LogP contribution in [0.4, 0.5) is 21.9 Å². The lowest BCUT2D eigenvalue weighted by Crippen LogP contribution is -2.50. The summed E-state index contributed by atoms with van der Waals surface area (Å²) in [7, 11) is 0. The van der Waals surface area contributed by atoms with Crippen LogP contribution in [0, 0.1) is 24.0 Å². The van der Waals surface area contributed by atoms with E-state index in [0.29, 0.717) is 24.3 Å². The van der Waals surface area contributed by atoms with Gasteiger partial charge in [-0.2, -0.15) is 0 Å². The van der Waals surface area contributed by atoms with Gasteiger partial charge in [-0.15, -0.1) is 0 Å². The van der Waals surface area contributed by atoms with Crippen molar-refractivity contribution in [1.29, 1.82) is 0 Å². The number of carbonyl (C=O) groups excluding carboxylic acids is 1. The third-order valence-electron chi connectivity index (χ3n) is 4.58. The highest BCUT2D eigenvalue weighted by Gasteiger charge is 2.22. The van der Waals surface area contributed by atoms with Crippen LogP contribution in [0.2, 0.25) is 0 Å². The van der Waals surface area contributed by atoms with Gasteiger partial charge >= 0.3 is 6.03 Å². The molecule has 1 fully saturated rings. The summed E-state index contributed by atoms with van der Waals surface area (Å²) in [5.41, 5.74) is 3.54. The predicted molar refractivity (Wildman–Crippen MR) is 102 cm³/mol. The van der Waals surface area contributed by atoms with Gasteiger partial charge in [-0.05, 0) is 43.7 Å². The molecule has 2 aromatic carbocycles. The predicted octanol–water partition coefficient (Wildman–Crippen LogP) is 3.57. The number of nitrogens with zero attached hydrogens (tertiary/aromatic N) is 3. The van der Waals surface area contributed by atoms with Crippen molar-refractivity contribution >= 4 is 23.1 Å². The molecule has 0 unspecified atom stereocenters. The van der Waals surface area contributed by atoms with E-state index in [1.165, 1.54) is 17.3 Å². The number of urea groups is 1. The number of aryl methyl sites for hydroxylation is 2. The molecular weight excluding hydrogens is 332 g/mol. The number of hydrogen-bond donors (Lipinski definition) is 1. The molecular formula is C19H22N4O3. The monoisotopic (exact) mass is 354 g/mol. The zero-order valence-electron chi connectivity index (χ0n) is 14.9. The Morgan fingerprint density at radius 2 is 1.81 bits per heavy atom. The van der Waals surface area contributed by atoms with E-state index in [2.05, 4.69) is 35.3 Å². The summed E-state index contributed by atoms with van der Waals surface area (Å²) < 4.78 is 0. The molecule has 0 bridgehead atoms. The number of piperazine rings is 1. The second-order valence-electron chi connectivity index (χ2n) is 6.50. The number of nitro benzene ring substituents is 1. The highest BCUT2D eigenvalue weighted by Crippen LogP contribution is 2.22. The summed E-state index contributed by atoms with van der Waals surface area (Å²) in [5.74, 6) is 0. The summed E-state index contributed by atoms with van der Waals surface area (Å²) in [4.78, 5) is 26.9. The smallest absolute Gasteiger partial charge is 0.321 e. The van der Waals surface area contributed by atoms with Gasteiger partial charge in [-0.25, -0.2) is 4.79 Å². The van der Waals surface area contributed by atoms with E-state index in [-0.39, 0.29) is 11.7 Å². The molecule has 1 aliphatic rings. The molecule has 7 heteroatoms. The van der Waals surface area contributed by atoms with Gasteiger partial charge in [0.2, 0.25) is 0 Å². The number of benzene rings is 2. The second kappa shape index (κ2) is 7.43. The van der Waals surface area contributed by atoms with Gasteiger partial charge in [0.05, 0.1) is 4.92 Å². The van der Waals surface area contributed by atoms with E-state index in [4.69, 9.17) is 0 Å². The Hall–Kier alpha value is -3.09. The van der Waals surface area contributed by atoms with Gasteiger partial charge in [-0.3, -0.25) is 10.1 Å². The second-order valence-corrected chi connectivity index (χ2v) is 6.50. The first kappa shape index (κ1) is 17.7. The van der Waals surface area contributed by atoms with Gasteiger partial charge in [0.15, 0.2) is 0 Å². The minimum absolute atomic E-state index is 0.0507. The Morgan fingerprint density at radius 1 is 1.08 bits per heavy atom. The maximum Gasteiger partial charge on any atom is 0.321 e. The molecule has 2 amide bonds. The zero-order chi connectivity index (χ0) is 18.7. The maximum atomic E-state index is 12.5. The first-order valence-corrected chi connectivity index (χ1v) is 8.56. The average molecular weight is 354 g/mol. The van der Waals surface area contributed by atoms with Crippen molar-refractivity contribution in [3.8, 4) is 0 Å². The van der Waals surface area contributed by atoms with Crippen LogP contribution in [0.1, 0.15) is 11.1 Å². The number of nitrogens with one attached hydrogen (secondary N) is 1. The van der Waals surface area contributed by atoms with Crippen LogP contribution in [-0.4, -0.2) is 42.0 Å². The molecule has 0 atom stereocenters. The number of rotatable bonds is 3. The molecule has 0 aromatic heterocycles. The van der Waals surface area contributed by atoms with Crippen molar-refractivity contribution in [3.05, 3.63) is 63.7 Å². The maximum absolute atomic E-state index is 12.5. The summed E-state index contributed by atoms with van der Waals surface area (Å²) in [6, 6.07) is 12.8. The molecule has 3 rings (SSSR count). The highest BCUT2D eigenvalue weighted by atomic mass is 16.6. The van der Waals surface area contributed by atoms with Gasteiger partial charge < -0.3 is 15.1 Å². The van der Waals surface area contributed by atoms with E-state index in [0.717, 1.165) is 13.1 Å². The number of amides is 2. The summed E-state index contributed by atoms with van der Waals surface area (Å²) in [6.07, 6.45) is 0. The Labute approximate surface area is 152 Å². The van der Waals surface area contributed by atoms with E-state index in [9.17, 15) is 14.9 Å². The molecule has 1 N–H and O–H groups in total. The Balaban J connectivity index is 1.58. The standard InChI is InChI=1S/C19H22N4O3/c1-14-4-3-5-17(12-14)21-8-10-22(11-9-21)19(24)20-16-6-7-18(23(25)26)15(2)13-16/h3-7,12-13H,8-11H2,1-2H3,(H,20,24). The molecule has 2 aromatic rings. The van der Waals surface area contributed by atoms with Crippen LogP contribution >= 0.6 is 0 Å².